The van der Waals surface area contributed by atoms with Gasteiger partial charge >= 0.3 is 0 Å². The lowest BCUT2D eigenvalue weighted by Gasteiger charge is -2.25. The average molecular weight is 199 g/mol. The van der Waals surface area contributed by atoms with Gasteiger partial charge in [0.15, 0.2) is 0 Å². The molecule has 0 spiro atoms. The molecule has 1 aliphatic rings. The SMILES string of the molecule is CC(C)(C)NC(=O)CC1CCCOC1. The van der Waals surface area contributed by atoms with Crippen molar-refractivity contribution in [3.8, 4) is 0 Å². The van der Waals surface area contributed by atoms with Gasteiger partial charge in [0.2, 0.25) is 5.91 Å². The van der Waals surface area contributed by atoms with Crippen LogP contribution in [0.1, 0.15) is 40.0 Å². The summed E-state index contributed by atoms with van der Waals surface area (Å²) in [7, 11) is 0. The molecule has 1 aliphatic heterocycles. The quantitative estimate of drug-likeness (QED) is 0.735. The second kappa shape index (κ2) is 4.78. The smallest absolute Gasteiger partial charge is 0.220 e. The van der Waals surface area contributed by atoms with Crippen molar-refractivity contribution in [3.05, 3.63) is 0 Å². The monoisotopic (exact) mass is 199 g/mol. The molecule has 82 valence electrons. The first-order chi connectivity index (χ1) is 6.47. The van der Waals surface area contributed by atoms with Crippen LogP contribution >= 0.6 is 0 Å². The lowest BCUT2D eigenvalue weighted by molar-refractivity contribution is -0.124. The minimum atomic E-state index is -0.118. The van der Waals surface area contributed by atoms with Crippen molar-refractivity contribution in [2.45, 2.75) is 45.6 Å². The van der Waals surface area contributed by atoms with Gasteiger partial charge in [0, 0.05) is 25.2 Å². The van der Waals surface area contributed by atoms with Crippen molar-refractivity contribution in [2.24, 2.45) is 5.92 Å². The molecular weight excluding hydrogens is 178 g/mol. The molecule has 0 bridgehead atoms. The second-order valence-corrected chi connectivity index (χ2v) is 5.09. The van der Waals surface area contributed by atoms with E-state index in [9.17, 15) is 4.79 Å². The largest absolute Gasteiger partial charge is 0.381 e. The van der Waals surface area contributed by atoms with Crippen LogP contribution in [0.15, 0.2) is 0 Å². The molecule has 1 saturated heterocycles. The van der Waals surface area contributed by atoms with Gasteiger partial charge in [-0.15, -0.1) is 0 Å². The highest BCUT2D eigenvalue weighted by Gasteiger charge is 2.20. The highest BCUT2D eigenvalue weighted by Crippen LogP contribution is 2.17. The third kappa shape index (κ3) is 4.61. The van der Waals surface area contributed by atoms with Crippen LogP contribution in [0.25, 0.3) is 0 Å². The van der Waals surface area contributed by atoms with Gasteiger partial charge in [0.05, 0.1) is 0 Å². The van der Waals surface area contributed by atoms with Gasteiger partial charge in [-0.3, -0.25) is 4.79 Å². The van der Waals surface area contributed by atoms with Gasteiger partial charge in [0.25, 0.3) is 0 Å². The molecule has 0 saturated carbocycles. The van der Waals surface area contributed by atoms with Crippen LogP contribution in [0.3, 0.4) is 0 Å². The Balaban J connectivity index is 2.25. The topological polar surface area (TPSA) is 38.3 Å². The molecule has 0 radical (unpaired) electrons. The molecule has 14 heavy (non-hydrogen) atoms. The van der Waals surface area contributed by atoms with Crippen LogP contribution in [0, 0.1) is 5.92 Å². The Morgan fingerprint density at radius 3 is 2.71 bits per heavy atom. The molecule has 1 unspecified atom stereocenters. The molecule has 1 fully saturated rings. The van der Waals surface area contributed by atoms with Crippen LogP contribution in [0.4, 0.5) is 0 Å². The Labute approximate surface area is 86.2 Å². The fraction of sp³-hybridized carbons (Fsp3) is 0.909. The molecule has 1 amide bonds. The standard InChI is InChI=1S/C11H21NO2/c1-11(2,3)12-10(13)7-9-5-4-6-14-8-9/h9H,4-8H2,1-3H3,(H,12,13). The number of ether oxygens (including phenoxy) is 1. The predicted octanol–water partition coefficient (Wildman–Crippen LogP) is 1.72. The van der Waals surface area contributed by atoms with Crippen molar-refractivity contribution in [3.63, 3.8) is 0 Å². The lowest BCUT2D eigenvalue weighted by Crippen LogP contribution is -2.41. The summed E-state index contributed by atoms with van der Waals surface area (Å²) in [6.45, 7) is 7.61. The third-order valence-electron chi connectivity index (χ3n) is 2.24. The van der Waals surface area contributed by atoms with Crippen LogP contribution in [-0.4, -0.2) is 24.7 Å². The molecule has 1 atom stereocenters. The molecule has 0 aromatic carbocycles. The minimum absolute atomic E-state index is 0.118. The number of hydrogen-bond donors (Lipinski definition) is 1. The summed E-state index contributed by atoms with van der Waals surface area (Å²) in [6.07, 6.45) is 2.82. The van der Waals surface area contributed by atoms with Gasteiger partial charge < -0.3 is 10.1 Å². The molecule has 3 nitrogen and oxygen atoms in total. The molecule has 1 rings (SSSR count). The molecular formula is C11H21NO2. The fourth-order valence-corrected chi connectivity index (χ4v) is 1.70. The Morgan fingerprint density at radius 2 is 2.21 bits per heavy atom. The molecule has 0 aromatic heterocycles. The molecule has 0 aromatic rings. The average Bonchev–Trinajstić information content (AvgIpc) is 2.02. The summed E-state index contributed by atoms with van der Waals surface area (Å²) in [6, 6.07) is 0. The van der Waals surface area contributed by atoms with E-state index in [4.69, 9.17) is 4.74 Å². The van der Waals surface area contributed by atoms with Crippen LogP contribution < -0.4 is 5.32 Å². The zero-order chi connectivity index (χ0) is 10.6. The Morgan fingerprint density at radius 1 is 1.50 bits per heavy atom. The minimum Gasteiger partial charge on any atom is -0.381 e. The van der Waals surface area contributed by atoms with E-state index in [1.165, 1.54) is 0 Å². The number of carbonyl (C=O) groups excluding carboxylic acids is 1. The van der Waals surface area contributed by atoms with Crippen molar-refractivity contribution in [2.75, 3.05) is 13.2 Å². The zero-order valence-electron chi connectivity index (χ0n) is 9.43. The van der Waals surface area contributed by atoms with E-state index in [1.807, 2.05) is 20.8 Å². The summed E-state index contributed by atoms with van der Waals surface area (Å²) in [5, 5.41) is 2.97. The van der Waals surface area contributed by atoms with Gasteiger partial charge in [0.1, 0.15) is 0 Å². The highest BCUT2D eigenvalue weighted by atomic mass is 16.5. The number of rotatable bonds is 2. The molecule has 0 aliphatic carbocycles. The third-order valence-corrected chi connectivity index (χ3v) is 2.24. The van der Waals surface area contributed by atoms with Crippen LogP contribution in [0.5, 0.6) is 0 Å². The Hall–Kier alpha value is -0.570. The summed E-state index contributed by atoms with van der Waals surface area (Å²) >= 11 is 0. The van der Waals surface area contributed by atoms with Crippen molar-refractivity contribution in [1.29, 1.82) is 0 Å². The summed E-state index contributed by atoms with van der Waals surface area (Å²) in [5.74, 6) is 0.569. The van der Waals surface area contributed by atoms with E-state index in [0.29, 0.717) is 12.3 Å². The summed E-state index contributed by atoms with van der Waals surface area (Å²) < 4.78 is 5.33. The molecule has 1 N–H and O–H groups in total. The van der Waals surface area contributed by atoms with Gasteiger partial charge in [-0.2, -0.15) is 0 Å². The first-order valence-electron chi connectivity index (χ1n) is 5.36. The van der Waals surface area contributed by atoms with Crippen molar-refractivity contribution >= 4 is 5.91 Å². The second-order valence-electron chi connectivity index (χ2n) is 5.09. The van der Waals surface area contributed by atoms with Crippen molar-refractivity contribution in [1.82, 2.24) is 5.32 Å². The number of carbonyl (C=O) groups is 1. The number of nitrogens with one attached hydrogen (secondary N) is 1. The lowest BCUT2D eigenvalue weighted by atomic mass is 9.97. The van der Waals surface area contributed by atoms with E-state index < -0.39 is 0 Å². The first kappa shape index (κ1) is 11.5. The normalized spacial score (nSPS) is 23.2. The van der Waals surface area contributed by atoms with E-state index in [2.05, 4.69) is 5.32 Å². The fourth-order valence-electron chi connectivity index (χ4n) is 1.70. The molecule has 1 heterocycles. The maximum atomic E-state index is 11.6. The van der Waals surface area contributed by atoms with Gasteiger partial charge in [-0.05, 0) is 39.5 Å². The summed E-state index contributed by atoms with van der Waals surface area (Å²) in [4.78, 5) is 11.6. The molecule has 3 heteroatoms. The van der Waals surface area contributed by atoms with E-state index in [0.717, 1.165) is 26.1 Å². The summed E-state index contributed by atoms with van der Waals surface area (Å²) in [5.41, 5.74) is -0.118. The Kier molecular flexibility index (Phi) is 3.93. The Bertz CT molecular complexity index is 190. The predicted molar refractivity (Wildman–Crippen MR) is 56.1 cm³/mol. The van der Waals surface area contributed by atoms with Gasteiger partial charge in [-0.25, -0.2) is 0 Å². The highest BCUT2D eigenvalue weighted by molar-refractivity contribution is 5.76. The number of hydrogen-bond acceptors (Lipinski definition) is 2. The first-order valence-corrected chi connectivity index (χ1v) is 5.36. The van der Waals surface area contributed by atoms with Crippen LogP contribution in [0.2, 0.25) is 0 Å². The maximum Gasteiger partial charge on any atom is 0.220 e. The maximum absolute atomic E-state index is 11.6. The zero-order valence-corrected chi connectivity index (χ0v) is 9.43. The van der Waals surface area contributed by atoms with Crippen molar-refractivity contribution < 1.29 is 9.53 Å². The van der Waals surface area contributed by atoms with E-state index >= 15 is 0 Å². The van der Waals surface area contributed by atoms with Gasteiger partial charge in [-0.1, -0.05) is 0 Å². The number of amides is 1. The van der Waals surface area contributed by atoms with Crippen LogP contribution in [-0.2, 0) is 9.53 Å². The van der Waals surface area contributed by atoms with E-state index in [1.54, 1.807) is 0 Å². The van der Waals surface area contributed by atoms with E-state index in [-0.39, 0.29) is 11.4 Å².